The van der Waals surface area contributed by atoms with E-state index >= 15 is 0 Å². The van der Waals surface area contributed by atoms with Crippen LogP contribution in [0.3, 0.4) is 0 Å². The van der Waals surface area contributed by atoms with Crippen LogP contribution >= 0.6 is 11.6 Å². The minimum atomic E-state index is -0.411. The van der Waals surface area contributed by atoms with Crippen LogP contribution in [0.2, 0.25) is 5.02 Å². The van der Waals surface area contributed by atoms with Crippen LogP contribution in [0.5, 0.6) is 11.5 Å². The highest BCUT2D eigenvalue weighted by atomic mass is 35.5. The van der Waals surface area contributed by atoms with Crippen molar-refractivity contribution in [2.75, 3.05) is 20.8 Å². The summed E-state index contributed by atoms with van der Waals surface area (Å²) in [4.78, 5) is 12.9. The molecule has 2 heterocycles. The molecule has 1 unspecified atom stereocenters. The van der Waals surface area contributed by atoms with Gasteiger partial charge in [-0.25, -0.2) is 0 Å². The van der Waals surface area contributed by atoms with E-state index in [1.54, 1.807) is 26.4 Å². The molecule has 3 aromatic carbocycles. The number of ether oxygens (including phenoxy) is 2. The lowest BCUT2D eigenvalue weighted by Crippen LogP contribution is -2.35. The molecule has 0 saturated carbocycles. The third kappa shape index (κ3) is 4.67. The Labute approximate surface area is 214 Å². The number of nitrogens with zero attached hydrogens (tertiary/aromatic N) is 2. The molecule has 4 aromatic rings. The minimum absolute atomic E-state index is 0.0499. The van der Waals surface area contributed by atoms with Crippen LogP contribution in [0.15, 0.2) is 77.2 Å². The van der Waals surface area contributed by atoms with Crippen molar-refractivity contribution in [1.82, 2.24) is 4.90 Å². The smallest absolute Gasteiger partial charge is 0.269 e. The fraction of sp³-hybridized carbons (Fsp3) is 0.214. The first kappa shape index (κ1) is 23.9. The molecule has 1 atom stereocenters. The van der Waals surface area contributed by atoms with Gasteiger partial charge in [-0.1, -0.05) is 23.7 Å². The van der Waals surface area contributed by atoms with E-state index in [-0.39, 0.29) is 11.7 Å². The standard InChI is InChI=1S/C28H25ClN2O5/c1-34-26-15-19-12-13-30(28(24(19)16-27(26)35-2)20-4-3-5-21(29)14-20)17-23-10-11-25(36-23)18-6-8-22(9-7-18)31(32)33/h3-11,14-16,28H,12-13,17H2,1-2H3. The molecule has 0 bridgehead atoms. The van der Waals surface area contributed by atoms with E-state index in [9.17, 15) is 10.1 Å². The molecular weight excluding hydrogens is 480 g/mol. The van der Waals surface area contributed by atoms with Gasteiger partial charge in [0.1, 0.15) is 11.5 Å². The number of benzene rings is 3. The van der Waals surface area contributed by atoms with E-state index in [0.29, 0.717) is 28.8 Å². The summed E-state index contributed by atoms with van der Waals surface area (Å²) in [6.45, 7) is 1.39. The SMILES string of the molecule is COc1cc2c(cc1OC)C(c1cccc(Cl)c1)N(Cc1ccc(-c3ccc([N+](=O)[O-])cc3)o1)CC2. The Morgan fingerprint density at radius 1 is 1.03 bits per heavy atom. The first-order valence-corrected chi connectivity index (χ1v) is 11.9. The molecule has 0 amide bonds. The molecule has 7 nitrogen and oxygen atoms in total. The Bertz CT molecular complexity index is 1400. The first-order chi connectivity index (χ1) is 17.5. The van der Waals surface area contributed by atoms with Gasteiger partial charge in [0.2, 0.25) is 0 Å². The molecule has 5 rings (SSSR count). The molecule has 1 aliphatic rings. The molecule has 0 spiro atoms. The summed E-state index contributed by atoms with van der Waals surface area (Å²) < 4.78 is 17.3. The van der Waals surface area contributed by atoms with Gasteiger partial charge in [0.15, 0.2) is 11.5 Å². The maximum atomic E-state index is 11.0. The van der Waals surface area contributed by atoms with Crippen molar-refractivity contribution in [3.05, 3.63) is 110 Å². The van der Waals surface area contributed by atoms with Crippen molar-refractivity contribution in [3.63, 3.8) is 0 Å². The van der Waals surface area contributed by atoms with Crippen LogP contribution < -0.4 is 9.47 Å². The van der Waals surface area contributed by atoms with E-state index in [1.165, 1.54) is 17.7 Å². The molecule has 0 N–H and O–H groups in total. The Hall–Kier alpha value is -3.81. The normalized spacial score (nSPS) is 15.4. The van der Waals surface area contributed by atoms with Crippen LogP contribution in [0.1, 0.15) is 28.5 Å². The highest BCUT2D eigenvalue weighted by molar-refractivity contribution is 6.30. The third-order valence-electron chi connectivity index (χ3n) is 6.52. The highest BCUT2D eigenvalue weighted by Gasteiger charge is 2.31. The van der Waals surface area contributed by atoms with Crippen molar-refractivity contribution in [1.29, 1.82) is 0 Å². The lowest BCUT2D eigenvalue weighted by Gasteiger charge is -2.37. The quantitative estimate of drug-likeness (QED) is 0.206. The van der Waals surface area contributed by atoms with Gasteiger partial charge in [-0.3, -0.25) is 15.0 Å². The highest BCUT2D eigenvalue weighted by Crippen LogP contribution is 2.42. The summed E-state index contributed by atoms with van der Waals surface area (Å²) in [6, 6.07) is 22.2. The molecular formula is C28H25ClN2O5. The second kappa shape index (κ2) is 10.0. The molecule has 1 aromatic heterocycles. The summed E-state index contributed by atoms with van der Waals surface area (Å²) in [5.41, 5.74) is 4.27. The number of hydrogen-bond donors (Lipinski definition) is 0. The minimum Gasteiger partial charge on any atom is -0.493 e. The maximum Gasteiger partial charge on any atom is 0.269 e. The van der Waals surface area contributed by atoms with E-state index in [1.807, 2.05) is 30.3 Å². The summed E-state index contributed by atoms with van der Waals surface area (Å²) in [5.74, 6) is 2.87. The van der Waals surface area contributed by atoms with Crippen molar-refractivity contribution in [3.8, 4) is 22.8 Å². The largest absolute Gasteiger partial charge is 0.493 e. The summed E-state index contributed by atoms with van der Waals surface area (Å²) in [5, 5.41) is 11.6. The fourth-order valence-corrected chi connectivity index (χ4v) is 5.00. The second-order valence-corrected chi connectivity index (χ2v) is 9.09. The fourth-order valence-electron chi connectivity index (χ4n) is 4.80. The Morgan fingerprint density at radius 3 is 2.47 bits per heavy atom. The van der Waals surface area contributed by atoms with Gasteiger partial charge in [0.25, 0.3) is 5.69 Å². The molecule has 0 fully saturated rings. The molecule has 0 radical (unpaired) electrons. The zero-order chi connectivity index (χ0) is 25.2. The average Bonchev–Trinajstić information content (AvgIpc) is 3.36. The lowest BCUT2D eigenvalue weighted by atomic mass is 9.87. The van der Waals surface area contributed by atoms with Crippen LogP contribution in [0, 0.1) is 10.1 Å². The van der Waals surface area contributed by atoms with Crippen molar-refractivity contribution in [2.24, 2.45) is 0 Å². The summed E-state index contributed by atoms with van der Waals surface area (Å²) in [7, 11) is 3.29. The number of methoxy groups -OCH3 is 2. The number of halogens is 1. The van der Waals surface area contributed by atoms with Gasteiger partial charge in [-0.05, 0) is 71.6 Å². The Balaban J connectivity index is 1.48. The average molecular weight is 505 g/mol. The van der Waals surface area contributed by atoms with Gasteiger partial charge < -0.3 is 13.9 Å². The molecule has 1 aliphatic heterocycles. The monoisotopic (exact) mass is 504 g/mol. The van der Waals surface area contributed by atoms with E-state index < -0.39 is 4.92 Å². The van der Waals surface area contributed by atoms with Crippen LogP contribution in [0.25, 0.3) is 11.3 Å². The van der Waals surface area contributed by atoms with Gasteiger partial charge in [0, 0.05) is 29.3 Å². The van der Waals surface area contributed by atoms with E-state index in [0.717, 1.165) is 35.4 Å². The molecule has 184 valence electrons. The number of furan rings is 1. The van der Waals surface area contributed by atoms with Gasteiger partial charge in [0.05, 0.1) is 31.7 Å². The first-order valence-electron chi connectivity index (χ1n) is 11.5. The molecule has 36 heavy (non-hydrogen) atoms. The zero-order valence-electron chi connectivity index (χ0n) is 19.9. The number of nitro groups is 1. The van der Waals surface area contributed by atoms with Crippen molar-refractivity contribution < 1.29 is 18.8 Å². The number of non-ortho nitro benzene ring substituents is 1. The summed E-state index contributed by atoms with van der Waals surface area (Å²) in [6.07, 6.45) is 0.850. The Morgan fingerprint density at radius 2 is 1.78 bits per heavy atom. The molecule has 0 aliphatic carbocycles. The van der Waals surface area contributed by atoms with E-state index in [4.69, 9.17) is 25.5 Å². The number of fused-ring (bicyclic) bond motifs is 1. The van der Waals surface area contributed by atoms with Gasteiger partial charge in [-0.2, -0.15) is 0 Å². The third-order valence-corrected chi connectivity index (χ3v) is 6.76. The summed E-state index contributed by atoms with van der Waals surface area (Å²) >= 11 is 6.38. The van der Waals surface area contributed by atoms with Crippen LogP contribution in [0.4, 0.5) is 5.69 Å². The van der Waals surface area contributed by atoms with Gasteiger partial charge >= 0.3 is 0 Å². The molecule has 8 heteroatoms. The predicted molar refractivity (Wildman–Crippen MR) is 138 cm³/mol. The van der Waals surface area contributed by atoms with Crippen molar-refractivity contribution >= 4 is 17.3 Å². The Kier molecular flexibility index (Phi) is 6.67. The van der Waals surface area contributed by atoms with E-state index in [2.05, 4.69) is 23.1 Å². The number of rotatable bonds is 7. The number of hydrogen-bond acceptors (Lipinski definition) is 6. The zero-order valence-corrected chi connectivity index (χ0v) is 20.7. The predicted octanol–water partition coefficient (Wildman–Crippen LogP) is 6.67. The van der Waals surface area contributed by atoms with Gasteiger partial charge in [-0.15, -0.1) is 0 Å². The lowest BCUT2D eigenvalue weighted by molar-refractivity contribution is -0.384. The van der Waals surface area contributed by atoms with Crippen molar-refractivity contribution in [2.45, 2.75) is 19.0 Å². The molecule has 0 saturated heterocycles. The number of nitro benzene ring substituents is 1. The topological polar surface area (TPSA) is 78.0 Å². The second-order valence-electron chi connectivity index (χ2n) is 8.65. The maximum absolute atomic E-state index is 11.0. The van der Waals surface area contributed by atoms with Crippen LogP contribution in [-0.2, 0) is 13.0 Å². The van der Waals surface area contributed by atoms with Crippen LogP contribution in [-0.4, -0.2) is 30.6 Å².